The first-order chi connectivity index (χ1) is 8.70. The molecule has 0 spiro atoms. The van der Waals surface area contributed by atoms with Crippen LogP contribution in [0.4, 0.5) is 0 Å². The predicted octanol–water partition coefficient (Wildman–Crippen LogP) is 0.565. The molecule has 2 rings (SSSR count). The van der Waals surface area contributed by atoms with Crippen LogP contribution in [0.3, 0.4) is 0 Å². The summed E-state index contributed by atoms with van der Waals surface area (Å²) in [6, 6.07) is 7.06. The minimum atomic E-state index is -0.352. The second kappa shape index (κ2) is 5.18. The number of aromatic nitrogens is 2. The van der Waals surface area contributed by atoms with Gasteiger partial charge in [0.1, 0.15) is 0 Å². The summed E-state index contributed by atoms with van der Waals surface area (Å²) in [4.78, 5) is 24.3. The molecule has 1 N–H and O–H groups in total. The SMILES string of the molecule is CCCn1c(=O)n(CCO)c(=O)c2ccccc21. The average molecular weight is 248 g/mol. The Bertz CT molecular complexity index is 670. The fraction of sp³-hybridized carbons (Fsp3) is 0.385. The molecule has 0 radical (unpaired) electrons. The zero-order chi connectivity index (χ0) is 13.1. The van der Waals surface area contributed by atoms with Crippen molar-refractivity contribution in [1.29, 1.82) is 0 Å². The number of fused-ring (bicyclic) bond motifs is 1. The van der Waals surface area contributed by atoms with Crippen molar-refractivity contribution in [2.24, 2.45) is 0 Å². The van der Waals surface area contributed by atoms with E-state index in [4.69, 9.17) is 5.11 Å². The quantitative estimate of drug-likeness (QED) is 0.860. The van der Waals surface area contributed by atoms with E-state index in [1.165, 1.54) is 0 Å². The molecule has 1 heterocycles. The molecule has 0 atom stereocenters. The molecule has 96 valence electrons. The third-order valence-electron chi connectivity index (χ3n) is 2.90. The summed E-state index contributed by atoms with van der Waals surface area (Å²) in [6.07, 6.45) is 0.807. The molecular formula is C13H16N2O3. The Labute approximate surface area is 104 Å². The highest BCUT2D eigenvalue weighted by molar-refractivity contribution is 5.77. The van der Waals surface area contributed by atoms with Gasteiger partial charge in [-0.1, -0.05) is 19.1 Å². The van der Waals surface area contributed by atoms with Crippen molar-refractivity contribution in [3.63, 3.8) is 0 Å². The van der Waals surface area contributed by atoms with Crippen LogP contribution < -0.4 is 11.2 Å². The number of nitrogens with zero attached hydrogens (tertiary/aromatic N) is 2. The van der Waals surface area contributed by atoms with Gasteiger partial charge in [0.25, 0.3) is 5.56 Å². The van der Waals surface area contributed by atoms with Crippen LogP contribution in [-0.4, -0.2) is 20.8 Å². The lowest BCUT2D eigenvalue weighted by atomic mass is 10.2. The summed E-state index contributed by atoms with van der Waals surface area (Å²) >= 11 is 0. The van der Waals surface area contributed by atoms with Crippen LogP contribution in [0.25, 0.3) is 10.9 Å². The van der Waals surface area contributed by atoms with Crippen molar-refractivity contribution in [2.45, 2.75) is 26.4 Å². The molecule has 0 aliphatic carbocycles. The van der Waals surface area contributed by atoms with E-state index in [0.29, 0.717) is 17.4 Å². The molecule has 0 bridgehead atoms. The second-order valence-corrected chi connectivity index (χ2v) is 4.13. The Hall–Kier alpha value is -1.88. The molecule has 0 unspecified atom stereocenters. The maximum absolute atomic E-state index is 12.2. The topological polar surface area (TPSA) is 64.2 Å². The van der Waals surface area contributed by atoms with Gasteiger partial charge < -0.3 is 5.11 Å². The number of aliphatic hydroxyl groups is 1. The molecule has 0 amide bonds. The first kappa shape index (κ1) is 12.6. The van der Waals surface area contributed by atoms with Crippen LogP contribution in [0.2, 0.25) is 0 Å². The molecule has 0 saturated carbocycles. The van der Waals surface area contributed by atoms with Crippen molar-refractivity contribution in [3.05, 3.63) is 45.1 Å². The van der Waals surface area contributed by atoms with Gasteiger partial charge in [-0.3, -0.25) is 13.9 Å². The predicted molar refractivity (Wildman–Crippen MR) is 69.8 cm³/mol. The van der Waals surface area contributed by atoms with E-state index in [9.17, 15) is 9.59 Å². The first-order valence-corrected chi connectivity index (χ1v) is 6.04. The largest absolute Gasteiger partial charge is 0.395 e. The standard InChI is InChI=1S/C13H16N2O3/c1-2-7-14-11-6-4-3-5-10(11)12(17)15(8-9-16)13(14)18/h3-6,16H,2,7-9H2,1H3. The third kappa shape index (κ3) is 1.97. The molecule has 0 aliphatic rings. The van der Waals surface area contributed by atoms with Crippen LogP contribution >= 0.6 is 0 Å². The highest BCUT2D eigenvalue weighted by Crippen LogP contribution is 2.07. The Morgan fingerprint density at radius 2 is 1.83 bits per heavy atom. The molecule has 0 saturated heterocycles. The minimum Gasteiger partial charge on any atom is -0.395 e. The number of rotatable bonds is 4. The fourth-order valence-electron chi connectivity index (χ4n) is 2.11. The van der Waals surface area contributed by atoms with Crippen LogP contribution in [0.1, 0.15) is 13.3 Å². The lowest BCUT2D eigenvalue weighted by Crippen LogP contribution is -2.40. The monoisotopic (exact) mass is 248 g/mol. The zero-order valence-corrected chi connectivity index (χ0v) is 10.3. The van der Waals surface area contributed by atoms with Crippen molar-refractivity contribution < 1.29 is 5.11 Å². The van der Waals surface area contributed by atoms with E-state index in [2.05, 4.69) is 0 Å². The van der Waals surface area contributed by atoms with Crippen molar-refractivity contribution in [2.75, 3.05) is 6.61 Å². The second-order valence-electron chi connectivity index (χ2n) is 4.13. The summed E-state index contributed by atoms with van der Waals surface area (Å²) in [7, 11) is 0. The normalized spacial score (nSPS) is 11.0. The number of aliphatic hydroxyl groups excluding tert-OH is 1. The number of aryl methyl sites for hydroxylation is 1. The Kier molecular flexibility index (Phi) is 3.62. The van der Waals surface area contributed by atoms with Gasteiger partial charge in [-0.2, -0.15) is 0 Å². The molecule has 1 aromatic heterocycles. The van der Waals surface area contributed by atoms with Gasteiger partial charge in [0.15, 0.2) is 0 Å². The van der Waals surface area contributed by atoms with E-state index < -0.39 is 0 Å². The zero-order valence-electron chi connectivity index (χ0n) is 10.3. The van der Waals surface area contributed by atoms with E-state index in [1.807, 2.05) is 13.0 Å². The average Bonchev–Trinajstić information content (AvgIpc) is 2.39. The van der Waals surface area contributed by atoms with Gasteiger partial charge in [-0.15, -0.1) is 0 Å². The van der Waals surface area contributed by atoms with Gasteiger partial charge in [-0.05, 0) is 18.6 Å². The van der Waals surface area contributed by atoms with Crippen molar-refractivity contribution in [3.8, 4) is 0 Å². The van der Waals surface area contributed by atoms with Crippen molar-refractivity contribution in [1.82, 2.24) is 9.13 Å². The van der Waals surface area contributed by atoms with Gasteiger partial charge in [-0.25, -0.2) is 4.79 Å². The Balaban J connectivity index is 2.87. The fourth-order valence-corrected chi connectivity index (χ4v) is 2.11. The number of benzene rings is 1. The van der Waals surface area contributed by atoms with Crippen LogP contribution in [0.5, 0.6) is 0 Å². The maximum atomic E-state index is 12.2. The van der Waals surface area contributed by atoms with E-state index in [1.54, 1.807) is 22.8 Å². The minimum absolute atomic E-state index is 0.0339. The van der Waals surface area contributed by atoms with Crippen LogP contribution in [-0.2, 0) is 13.1 Å². The molecule has 1 aromatic carbocycles. The molecular weight excluding hydrogens is 232 g/mol. The summed E-state index contributed by atoms with van der Waals surface area (Å²) in [5.41, 5.74) is -0.0323. The summed E-state index contributed by atoms with van der Waals surface area (Å²) in [5.74, 6) is 0. The first-order valence-electron chi connectivity index (χ1n) is 6.04. The summed E-state index contributed by atoms with van der Waals surface area (Å²) in [5, 5.41) is 9.47. The van der Waals surface area contributed by atoms with Crippen molar-refractivity contribution >= 4 is 10.9 Å². The van der Waals surface area contributed by atoms with Gasteiger partial charge >= 0.3 is 5.69 Å². The molecule has 5 heteroatoms. The molecule has 5 nitrogen and oxygen atoms in total. The van der Waals surface area contributed by atoms with E-state index in [0.717, 1.165) is 11.0 Å². The molecule has 2 aromatic rings. The number of para-hydroxylation sites is 1. The number of hydrogen-bond donors (Lipinski definition) is 1. The third-order valence-corrected chi connectivity index (χ3v) is 2.90. The van der Waals surface area contributed by atoms with Crippen LogP contribution in [0, 0.1) is 0 Å². The van der Waals surface area contributed by atoms with Gasteiger partial charge in [0.2, 0.25) is 0 Å². The lowest BCUT2D eigenvalue weighted by Gasteiger charge is -2.12. The Morgan fingerprint density at radius 3 is 2.50 bits per heavy atom. The number of hydrogen-bond acceptors (Lipinski definition) is 3. The molecule has 0 fully saturated rings. The summed E-state index contributed by atoms with van der Waals surface area (Å²) < 4.78 is 2.68. The maximum Gasteiger partial charge on any atom is 0.331 e. The smallest absolute Gasteiger partial charge is 0.331 e. The summed E-state index contributed by atoms with van der Waals surface area (Å²) in [6.45, 7) is 2.35. The van der Waals surface area contributed by atoms with E-state index >= 15 is 0 Å². The van der Waals surface area contributed by atoms with Crippen LogP contribution in [0.15, 0.2) is 33.9 Å². The lowest BCUT2D eigenvalue weighted by molar-refractivity contribution is 0.270. The highest BCUT2D eigenvalue weighted by atomic mass is 16.3. The molecule has 0 aliphatic heterocycles. The van der Waals surface area contributed by atoms with Gasteiger partial charge in [0, 0.05) is 6.54 Å². The highest BCUT2D eigenvalue weighted by Gasteiger charge is 2.11. The Morgan fingerprint density at radius 1 is 1.11 bits per heavy atom. The van der Waals surface area contributed by atoms with E-state index in [-0.39, 0.29) is 24.4 Å². The molecule has 18 heavy (non-hydrogen) atoms. The van der Waals surface area contributed by atoms with Gasteiger partial charge in [0.05, 0.1) is 24.1 Å².